The van der Waals surface area contributed by atoms with Gasteiger partial charge in [0.1, 0.15) is 0 Å². The van der Waals surface area contributed by atoms with Crippen LogP contribution in [-0.4, -0.2) is 19.9 Å². The molecular formula is C11H14N2O2S3. The highest BCUT2D eigenvalue weighted by Gasteiger charge is 2.18. The van der Waals surface area contributed by atoms with Crippen LogP contribution in [0.1, 0.15) is 14.8 Å². The lowest BCUT2D eigenvalue weighted by atomic mass is 10.4. The van der Waals surface area contributed by atoms with E-state index in [1.807, 2.05) is 19.2 Å². The van der Waals surface area contributed by atoms with Crippen LogP contribution in [0.2, 0.25) is 0 Å². The van der Waals surface area contributed by atoms with Gasteiger partial charge in [-0.15, -0.1) is 22.7 Å². The normalized spacial score (nSPS) is 11.9. The summed E-state index contributed by atoms with van der Waals surface area (Å²) in [6.45, 7) is 4.11. The van der Waals surface area contributed by atoms with Crippen molar-refractivity contribution in [1.29, 1.82) is 0 Å². The van der Waals surface area contributed by atoms with Crippen LogP contribution in [0, 0.1) is 13.8 Å². The molecule has 98 valence electrons. The molecule has 0 atom stereocenters. The quantitative estimate of drug-likeness (QED) is 0.922. The first-order valence-electron chi connectivity index (χ1n) is 5.44. The third-order valence-corrected chi connectivity index (χ3v) is 5.92. The summed E-state index contributed by atoms with van der Waals surface area (Å²) in [6, 6.07) is 1.71. The highest BCUT2D eigenvalue weighted by molar-refractivity contribution is 7.89. The summed E-state index contributed by atoms with van der Waals surface area (Å²) < 4.78 is 26.8. The first-order chi connectivity index (χ1) is 8.49. The Kier molecular flexibility index (Phi) is 4.16. The summed E-state index contributed by atoms with van der Waals surface area (Å²) in [5.41, 5.74) is 0. The van der Waals surface area contributed by atoms with Crippen LogP contribution in [-0.2, 0) is 16.4 Å². The molecule has 0 saturated heterocycles. The molecule has 7 heteroatoms. The predicted molar refractivity (Wildman–Crippen MR) is 74.8 cm³/mol. The molecule has 0 amide bonds. The minimum Gasteiger partial charge on any atom is -0.250 e. The van der Waals surface area contributed by atoms with Crippen molar-refractivity contribution in [3.8, 4) is 0 Å². The van der Waals surface area contributed by atoms with Gasteiger partial charge in [0, 0.05) is 34.3 Å². The Labute approximate surface area is 115 Å². The zero-order chi connectivity index (χ0) is 13.2. The van der Waals surface area contributed by atoms with Gasteiger partial charge in [0.15, 0.2) is 0 Å². The van der Waals surface area contributed by atoms with Crippen molar-refractivity contribution in [2.45, 2.75) is 25.2 Å². The van der Waals surface area contributed by atoms with E-state index in [0.29, 0.717) is 17.9 Å². The Bertz CT molecular complexity index is 615. The highest BCUT2D eigenvalue weighted by atomic mass is 32.2. The number of thiazole rings is 1. The molecule has 0 spiro atoms. The van der Waals surface area contributed by atoms with Crippen molar-refractivity contribution < 1.29 is 8.42 Å². The SMILES string of the molecule is Cc1cc(S(=O)(=O)NCCc2nccs2)c(C)s1. The maximum Gasteiger partial charge on any atom is 0.241 e. The van der Waals surface area contributed by atoms with Gasteiger partial charge in [0.05, 0.1) is 9.90 Å². The fourth-order valence-electron chi connectivity index (χ4n) is 1.62. The van der Waals surface area contributed by atoms with Crippen LogP contribution in [0.25, 0.3) is 0 Å². The Hall–Kier alpha value is -0.760. The monoisotopic (exact) mass is 302 g/mol. The van der Waals surface area contributed by atoms with Crippen LogP contribution in [0.3, 0.4) is 0 Å². The Morgan fingerprint density at radius 2 is 2.17 bits per heavy atom. The molecule has 0 aromatic carbocycles. The maximum atomic E-state index is 12.1. The molecule has 2 heterocycles. The number of aryl methyl sites for hydroxylation is 2. The van der Waals surface area contributed by atoms with Crippen molar-refractivity contribution in [2.75, 3.05) is 6.54 Å². The zero-order valence-corrected chi connectivity index (χ0v) is 12.6. The molecule has 0 fully saturated rings. The van der Waals surface area contributed by atoms with E-state index in [2.05, 4.69) is 9.71 Å². The number of nitrogens with one attached hydrogen (secondary N) is 1. The van der Waals surface area contributed by atoms with Gasteiger partial charge in [-0.25, -0.2) is 18.1 Å². The fourth-order valence-corrected chi connectivity index (χ4v) is 4.83. The van der Waals surface area contributed by atoms with E-state index < -0.39 is 10.0 Å². The first kappa shape index (κ1) is 13.7. The summed E-state index contributed by atoms with van der Waals surface area (Å²) in [4.78, 5) is 6.34. The third-order valence-electron chi connectivity index (χ3n) is 2.40. The van der Waals surface area contributed by atoms with E-state index >= 15 is 0 Å². The van der Waals surface area contributed by atoms with Gasteiger partial charge < -0.3 is 0 Å². The van der Waals surface area contributed by atoms with Crippen molar-refractivity contribution in [1.82, 2.24) is 9.71 Å². The zero-order valence-electron chi connectivity index (χ0n) is 10.1. The molecular weight excluding hydrogens is 288 g/mol. The maximum absolute atomic E-state index is 12.1. The van der Waals surface area contributed by atoms with Gasteiger partial charge in [-0.1, -0.05) is 0 Å². The number of aromatic nitrogens is 1. The average Bonchev–Trinajstić information content (AvgIpc) is 2.88. The number of hydrogen-bond acceptors (Lipinski definition) is 5. The van der Waals surface area contributed by atoms with Crippen molar-refractivity contribution >= 4 is 32.7 Å². The second-order valence-corrected chi connectivity index (χ2v) is 8.03. The largest absolute Gasteiger partial charge is 0.250 e. The molecule has 0 aliphatic rings. The van der Waals surface area contributed by atoms with Crippen LogP contribution in [0.15, 0.2) is 22.5 Å². The van der Waals surface area contributed by atoms with Gasteiger partial charge in [-0.05, 0) is 19.9 Å². The van der Waals surface area contributed by atoms with Crippen LogP contribution < -0.4 is 4.72 Å². The molecule has 0 unspecified atom stereocenters. The van der Waals surface area contributed by atoms with Crippen molar-refractivity contribution in [3.05, 3.63) is 32.4 Å². The van der Waals surface area contributed by atoms with E-state index in [0.717, 1.165) is 14.8 Å². The van der Waals surface area contributed by atoms with Crippen molar-refractivity contribution in [2.24, 2.45) is 0 Å². The number of thiophene rings is 1. The third kappa shape index (κ3) is 3.17. The van der Waals surface area contributed by atoms with Gasteiger partial charge in [-0.2, -0.15) is 0 Å². The molecule has 0 aliphatic heterocycles. The Morgan fingerprint density at radius 1 is 1.39 bits per heavy atom. The summed E-state index contributed by atoms with van der Waals surface area (Å²) >= 11 is 3.03. The Morgan fingerprint density at radius 3 is 2.72 bits per heavy atom. The fraction of sp³-hybridized carbons (Fsp3) is 0.364. The topological polar surface area (TPSA) is 59.1 Å². The van der Waals surface area contributed by atoms with Crippen molar-refractivity contribution in [3.63, 3.8) is 0 Å². The molecule has 1 N–H and O–H groups in total. The molecule has 2 aromatic heterocycles. The number of nitrogens with zero attached hydrogens (tertiary/aromatic N) is 1. The predicted octanol–water partition coefficient (Wildman–Crippen LogP) is 2.34. The molecule has 0 saturated carbocycles. The van der Waals surface area contributed by atoms with Gasteiger partial charge >= 0.3 is 0 Å². The molecule has 2 aromatic rings. The lowest BCUT2D eigenvalue weighted by Gasteiger charge is -2.04. The molecule has 2 rings (SSSR count). The summed E-state index contributed by atoms with van der Waals surface area (Å²) in [6.07, 6.45) is 2.35. The minimum absolute atomic E-state index is 0.379. The van der Waals surface area contributed by atoms with Crippen LogP contribution >= 0.6 is 22.7 Å². The molecule has 0 radical (unpaired) electrons. The van der Waals surface area contributed by atoms with E-state index in [-0.39, 0.29) is 0 Å². The van der Waals surface area contributed by atoms with Gasteiger partial charge in [0.25, 0.3) is 0 Å². The standard InChI is InChI=1S/C11H14N2O2S3/c1-8-7-10(9(2)17-8)18(14,15)13-4-3-11-12-5-6-16-11/h5-7,13H,3-4H2,1-2H3. The van der Waals surface area contributed by atoms with E-state index in [1.165, 1.54) is 22.7 Å². The minimum atomic E-state index is -3.39. The molecule has 0 bridgehead atoms. The lowest BCUT2D eigenvalue weighted by molar-refractivity contribution is 0.581. The second kappa shape index (κ2) is 5.48. The highest BCUT2D eigenvalue weighted by Crippen LogP contribution is 2.24. The summed E-state index contributed by atoms with van der Waals surface area (Å²) in [5, 5.41) is 2.83. The van der Waals surface area contributed by atoms with E-state index in [1.54, 1.807) is 12.3 Å². The molecule has 18 heavy (non-hydrogen) atoms. The number of rotatable bonds is 5. The van der Waals surface area contributed by atoms with Gasteiger partial charge in [0.2, 0.25) is 10.0 Å². The average molecular weight is 302 g/mol. The first-order valence-corrected chi connectivity index (χ1v) is 8.62. The summed E-state index contributed by atoms with van der Waals surface area (Å²) in [7, 11) is -3.39. The number of sulfonamides is 1. The smallest absolute Gasteiger partial charge is 0.241 e. The van der Waals surface area contributed by atoms with Crippen LogP contribution in [0.4, 0.5) is 0 Å². The summed E-state index contributed by atoms with van der Waals surface area (Å²) in [5.74, 6) is 0. The number of hydrogen-bond donors (Lipinski definition) is 1. The van der Waals surface area contributed by atoms with Crippen LogP contribution in [0.5, 0.6) is 0 Å². The molecule has 4 nitrogen and oxygen atoms in total. The van der Waals surface area contributed by atoms with E-state index in [4.69, 9.17) is 0 Å². The van der Waals surface area contributed by atoms with Gasteiger partial charge in [-0.3, -0.25) is 0 Å². The molecule has 0 aliphatic carbocycles. The lowest BCUT2D eigenvalue weighted by Crippen LogP contribution is -2.26. The Balaban J connectivity index is 2.02. The second-order valence-electron chi connectivity index (χ2n) is 3.85. The van der Waals surface area contributed by atoms with E-state index in [9.17, 15) is 8.42 Å².